The number of allylic oxidation sites excluding steroid dienone is 1. The van der Waals surface area contributed by atoms with E-state index in [9.17, 15) is 4.79 Å². The third-order valence-electron chi connectivity index (χ3n) is 3.08. The molecule has 0 aromatic carbocycles. The molecular formula is C12H21NO. The molecule has 1 atom stereocenters. The van der Waals surface area contributed by atoms with E-state index >= 15 is 0 Å². The lowest BCUT2D eigenvalue weighted by atomic mass is 9.77. The highest BCUT2D eigenvalue weighted by molar-refractivity contribution is 5.84. The molecule has 1 aliphatic heterocycles. The molecule has 1 N–H and O–H groups in total. The monoisotopic (exact) mass is 195 g/mol. The molecule has 14 heavy (non-hydrogen) atoms. The fourth-order valence-electron chi connectivity index (χ4n) is 2.00. The van der Waals surface area contributed by atoms with E-state index in [0.29, 0.717) is 12.2 Å². The fraction of sp³-hybridized carbons (Fsp3) is 0.750. The minimum atomic E-state index is -0.0978. The molecule has 1 saturated heterocycles. The van der Waals surface area contributed by atoms with Crippen LogP contribution in [0.25, 0.3) is 0 Å². The average Bonchev–Trinajstić information content (AvgIpc) is 2.19. The van der Waals surface area contributed by atoms with Gasteiger partial charge in [-0.3, -0.25) is 4.79 Å². The van der Waals surface area contributed by atoms with Crippen molar-refractivity contribution in [3.05, 3.63) is 12.7 Å². The van der Waals surface area contributed by atoms with Gasteiger partial charge in [0, 0.05) is 18.4 Å². The van der Waals surface area contributed by atoms with Crippen LogP contribution in [0.5, 0.6) is 0 Å². The van der Waals surface area contributed by atoms with Crippen molar-refractivity contribution in [1.82, 2.24) is 5.32 Å². The van der Waals surface area contributed by atoms with E-state index in [1.165, 1.54) is 0 Å². The van der Waals surface area contributed by atoms with Crippen molar-refractivity contribution in [2.24, 2.45) is 5.41 Å². The van der Waals surface area contributed by atoms with Crippen molar-refractivity contribution in [2.45, 2.75) is 39.0 Å². The minimum absolute atomic E-state index is 0.0978. The zero-order valence-electron chi connectivity index (χ0n) is 9.14. The smallest absolute Gasteiger partial charge is 0.140 e. The number of carbonyl (C=O) groups excluding carboxylic acids is 1. The Morgan fingerprint density at radius 1 is 1.64 bits per heavy atom. The van der Waals surface area contributed by atoms with Crippen molar-refractivity contribution in [3.63, 3.8) is 0 Å². The van der Waals surface area contributed by atoms with E-state index in [4.69, 9.17) is 0 Å². The van der Waals surface area contributed by atoms with E-state index in [2.05, 4.69) is 18.8 Å². The van der Waals surface area contributed by atoms with Gasteiger partial charge < -0.3 is 5.32 Å². The van der Waals surface area contributed by atoms with E-state index in [1.807, 2.05) is 6.08 Å². The van der Waals surface area contributed by atoms with Gasteiger partial charge in [-0.2, -0.15) is 0 Å². The molecule has 0 aliphatic carbocycles. The third-order valence-corrected chi connectivity index (χ3v) is 3.08. The number of hydrogen-bond donors (Lipinski definition) is 1. The lowest BCUT2D eigenvalue weighted by Crippen LogP contribution is -2.43. The predicted molar refractivity (Wildman–Crippen MR) is 59.3 cm³/mol. The first-order valence-electron chi connectivity index (χ1n) is 5.54. The SMILES string of the molecule is C=CCCCC(=O)C1(C)CCCNC1. The second-order valence-corrected chi connectivity index (χ2v) is 4.45. The number of ketones is 1. The number of carbonyl (C=O) groups is 1. The summed E-state index contributed by atoms with van der Waals surface area (Å²) >= 11 is 0. The highest BCUT2D eigenvalue weighted by Crippen LogP contribution is 2.28. The maximum absolute atomic E-state index is 11.9. The lowest BCUT2D eigenvalue weighted by Gasteiger charge is -2.32. The van der Waals surface area contributed by atoms with Crippen LogP contribution in [0, 0.1) is 5.41 Å². The molecule has 2 heteroatoms. The molecule has 1 rings (SSSR count). The predicted octanol–water partition coefficient (Wildman–Crippen LogP) is 2.30. The summed E-state index contributed by atoms with van der Waals surface area (Å²) in [4.78, 5) is 11.9. The van der Waals surface area contributed by atoms with Crippen LogP contribution >= 0.6 is 0 Å². The normalized spacial score (nSPS) is 27.2. The maximum atomic E-state index is 11.9. The second-order valence-electron chi connectivity index (χ2n) is 4.45. The van der Waals surface area contributed by atoms with Crippen molar-refractivity contribution < 1.29 is 4.79 Å². The lowest BCUT2D eigenvalue weighted by molar-refractivity contribution is -0.128. The highest BCUT2D eigenvalue weighted by Gasteiger charge is 2.33. The van der Waals surface area contributed by atoms with Crippen LogP contribution in [-0.4, -0.2) is 18.9 Å². The second kappa shape index (κ2) is 5.30. The molecule has 0 radical (unpaired) electrons. The van der Waals surface area contributed by atoms with Crippen molar-refractivity contribution in [3.8, 4) is 0 Å². The summed E-state index contributed by atoms with van der Waals surface area (Å²) in [6, 6.07) is 0. The van der Waals surface area contributed by atoms with E-state index < -0.39 is 0 Å². The van der Waals surface area contributed by atoms with E-state index in [1.54, 1.807) is 0 Å². The number of hydrogen-bond acceptors (Lipinski definition) is 2. The molecule has 1 heterocycles. The minimum Gasteiger partial charge on any atom is -0.316 e. The standard InChI is InChI=1S/C12H21NO/c1-3-4-5-7-11(14)12(2)8-6-9-13-10-12/h3,13H,1,4-10H2,2H3. The average molecular weight is 195 g/mol. The largest absolute Gasteiger partial charge is 0.316 e. The first-order valence-corrected chi connectivity index (χ1v) is 5.54. The summed E-state index contributed by atoms with van der Waals surface area (Å²) in [5.74, 6) is 0.423. The molecule has 80 valence electrons. The van der Waals surface area contributed by atoms with Crippen LogP contribution in [0.15, 0.2) is 12.7 Å². The Labute approximate surface area is 86.8 Å². The van der Waals surface area contributed by atoms with E-state index in [0.717, 1.165) is 38.8 Å². The van der Waals surface area contributed by atoms with Gasteiger partial charge in [0.15, 0.2) is 0 Å². The van der Waals surface area contributed by atoms with Crippen molar-refractivity contribution in [1.29, 1.82) is 0 Å². The topological polar surface area (TPSA) is 29.1 Å². The summed E-state index contributed by atoms with van der Waals surface area (Å²) in [6.45, 7) is 7.68. The molecule has 0 amide bonds. The van der Waals surface area contributed by atoms with Crippen LogP contribution in [0.3, 0.4) is 0 Å². The quantitative estimate of drug-likeness (QED) is 0.539. The van der Waals surface area contributed by atoms with Gasteiger partial charge in [-0.05, 0) is 32.2 Å². The van der Waals surface area contributed by atoms with Crippen molar-refractivity contribution >= 4 is 5.78 Å². The van der Waals surface area contributed by atoms with Crippen molar-refractivity contribution in [2.75, 3.05) is 13.1 Å². The molecule has 2 nitrogen and oxygen atoms in total. The van der Waals surface area contributed by atoms with Gasteiger partial charge in [0.2, 0.25) is 0 Å². The highest BCUT2D eigenvalue weighted by atomic mass is 16.1. The molecule has 0 spiro atoms. The molecule has 0 aromatic rings. The fourth-order valence-corrected chi connectivity index (χ4v) is 2.00. The number of piperidine rings is 1. The third kappa shape index (κ3) is 2.95. The first-order chi connectivity index (χ1) is 6.69. The number of nitrogens with one attached hydrogen (secondary N) is 1. The van der Waals surface area contributed by atoms with Gasteiger partial charge in [0.05, 0.1) is 0 Å². The summed E-state index contributed by atoms with van der Waals surface area (Å²) in [7, 11) is 0. The Hall–Kier alpha value is -0.630. The summed E-state index contributed by atoms with van der Waals surface area (Å²) in [5.41, 5.74) is -0.0978. The Morgan fingerprint density at radius 3 is 3.00 bits per heavy atom. The molecule has 1 unspecified atom stereocenters. The Balaban J connectivity index is 2.36. The zero-order chi connectivity index (χ0) is 10.4. The Kier molecular flexibility index (Phi) is 4.33. The summed E-state index contributed by atoms with van der Waals surface area (Å²) < 4.78 is 0. The summed E-state index contributed by atoms with van der Waals surface area (Å²) in [5, 5.41) is 3.31. The maximum Gasteiger partial charge on any atom is 0.140 e. The molecule has 1 fully saturated rings. The number of Topliss-reactive ketones (excluding diaryl/α,β-unsaturated/α-hetero) is 1. The van der Waals surface area contributed by atoms with Crippen LogP contribution in [0.4, 0.5) is 0 Å². The molecule has 0 aromatic heterocycles. The van der Waals surface area contributed by atoms with Gasteiger partial charge in [-0.1, -0.05) is 13.0 Å². The molecule has 1 aliphatic rings. The summed E-state index contributed by atoms with van der Waals surface area (Å²) in [6.07, 6.45) is 6.68. The molecule has 0 saturated carbocycles. The number of unbranched alkanes of at least 4 members (excludes halogenated alkanes) is 1. The van der Waals surface area contributed by atoms with Crippen LogP contribution in [-0.2, 0) is 4.79 Å². The van der Waals surface area contributed by atoms with Gasteiger partial charge in [-0.25, -0.2) is 0 Å². The first kappa shape index (κ1) is 11.4. The Morgan fingerprint density at radius 2 is 2.43 bits per heavy atom. The van der Waals surface area contributed by atoms with Crippen LogP contribution in [0.1, 0.15) is 39.0 Å². The van der Waals surface area contributed by atoms with Gasteiger partial charge >= 0.3 is 0 Å². The Bertz CT molecular complexity index is 204. The molecule has 0 bridgehead atoms. The zero-order valence-corrected chi connectivity index (χ0v) is 9.14. The van der Waals surface area contributed by atoms with Crippen LogP contribution < -0.4 is 5.32 Å². The van der Waals surface area contributed by atoms with Gasteiger partial charge in [-0.15, -0.1) is 6.58 Å². The van der Waals surface area contributed by atoms with E-state index in [-0.39, 0.29) is 5.41 Å². The van der Waals surface area contributed by atoms with Gasteiger partial charge in [0.25, 0.3) is 0 Å². The van der Waals surface area contributed by atoms with Gasteiger partial charge in [0.1, 0.15) is 5.78 Å². The van der Waals surface area contributed by atoms with Crippen LogP contribution in [0.2, 0.25) is 0 Å². The number of rotatable bonds is 5. The molecular weight excluding hydrogens is 174 g/mol.